The highest BCUT2D eigenvalue weighted by Crippen LogP contribution is 2.11. The first-order chi connectivity index (χ1) is 7.24. The highest BCUT2D eigenvalue weighted by Gasteiger charge is 2.22. The molecule has 0 bridgehead atoms. The van der Waals surface area contributed by atoms with E-state index < -0.39 is 0 Å². The molecule has 2 rings (SSSR count). The van der Waals surface area contributed by atoms with Gasteiger partial charge in [0.2, 0.25) is 0 Å². The Labute approximate surface area is 94.8 Å². The predicted molar refractivity (Wildman–Crippen MR) is 62.9 cm³/mol. The van der Waals surface area contributed by atoms with Crippen LogP contribution in [-0.4, -0.2) is 35.7 Å². The van der Waals surface area contributed by atoms with Gasteiger partial charge in [-0.2, -0.15) is 0 Å². The molecule has 0 unspecified atom stereocenters. The Kier molecular flexibility index (Phi) is 3.41. The molecule has 1 heterocycles. The smallest absolute Gasteiger partial charge is 0.0794 e. The first-order valence-electron chi connectivity index (χ1n) is 5.06. The lowest BCUT2D eigenvalue weighted by Gasteiger charge is -2.34. The van der Waals surface area contributed by atoms with Crippen LogP contribution in [0.2, 0.25) is 5.02 Å². The molecule has 1 aliphatic heterocycles. The van der Waals surface area contributed by atoms with Crippen LogP contribution in [0.5, 0.6) is 0 Å². The molecular weight excluding hydrogens is 210 g/mol. The summed E-state index contributed by atoms with van der Waals surface area (Å²) in [5.74, 6) is 0. The monoisotopic (exact) mass is 223 g/mol. The van der Waals surface area contributed by atoms with Gasteiger partial charge in [-0.05, 0) is 17.7 Å². The number of β-amino-alcohol motifs (C(OH)–C–C–N with tert-alkyl or cyclic N) is 1. The molecule has 1 saturated heterocycles. The average molecular weight is 224 g/mol. The number of benzene rings is 1. The average Bonchev–Trinajstić information content (AvgIpc) is 2.18. The maximum absolute atomic E-state index is 9.08. The summed E-state index contributed by atoms with van der Waals surface area (Å²) in [7, 11) is 0. The lowest BCUT2D eigenvalue weighted by atomic mass is 10.1. The Bertz CT molecular complexity index is 341. The van der Waals surface area contributed by atoms with Gasteiger partial charge in [-0.1, -0.05) is 35.9 Å². The summed E-state index contributed by atoms with van der Waals surface area (Å²) in [6, 6.07) is 7.75. The van der Waals surface area contributed by atoms with E-state index in [-0.39, 0.29) is 6.10 Å². The third kappa shape index (κ3) is 3.06. The zero-order chi connectivity index (χ0) is 10.7. The minimum atomic E-state index is -0.117. The van der Waals surface area contributed by atoms with E-state index in [1.807, 2.05) is 24.3 Å². The summed E-state index contributed by atoms with van der Waals surface area (Å²) < 4.78 is 0. The molecular formula is C12H14ClNO. The molecule has 1 aromatic rings. The van der Waals surface area contributed by atoms with E-state index in [4.69, 9.17) is 16.7 Å². The summed E-state index contributed by atoms with van der Waals surface area (Å²) in [5, 5.41) is 9.85. The number of halogens is 1. The largest absolute Gasteiger partial charge is 0.390 e. The normalized spacial score (nSPS) is 18.3. The predicted octanol–water partition coefficient (Wildman–Crippen LogP) is 2.03. The Morgan fingerprint density at radius 2 is 2.00 bits per heavy atom. The quantitative estimate of drug-likeness (QED) is 0.848. The number of hydrogen-bond donors (Lipinski definition) is 1. The van der Waals surface area contributed by atoms with Crippen LogP contribution in [-0.2, 0) is 0 Å². The fraction of sp³-hybridized carbons (Fsp3) is 0.333. The first kappa shape index (κ1) is 10.7. The second-order valence-corrected chi connectivity index (χ2v) is 4.26. The van der Waals surface area contributed by atoms with Crippen LogP contribution < -0.4 is 0 Å². The number of rotatable bonds is 3. The van der Waals surface area contributed by atoms with Crippen LogP contribution in [0.1, 0.15) is 5.56 Å². The zero-order valence-electron chi connectivity index (χ0n) is 8.44. The Balaban J connectivity index is 1.81. The lowest BCUT2D eigenvalue weighted by Crippen LogP contribution is -2.50. The van der Waals surface area contributed by atoms with Crippen LogP contribution in [0.4, 0.5) is 0 Å². The maximum atomic E-state index is 9.08. The number of aliphatic hydroxyl groups excluding tert-OH is 1. The van der Waals surface area contributed by atoms with Crippen molar-refractivity contribution in [3.05, 3.63) is 40.9 Å². The molecule has 1 N–H and O–H groups in total. The third-order valence-electron chi connectivity index (χ3n) is 2.48. The van der Waals surface area contributed by atoms with Gasteiger partial charge in [0.05, 0.1) is 6.10 Å². The van der Waals surface area contributed by atoms with Crippen molar-refractivity contribution < 1.29 is 5.11 Å². The molecule has 0 atom stereocenters. The molecule has 0 spiro atoms. The zero-order valence-corrected chi connectivity index (χ0v) is 9.19. The van der Waals surface area contributed by atoms with Crippen molar-refractivity contribution in [2.75, 3.05) is 19.6 Å². The molecule has 0 radical (unpaired) electrons. The molecule has 3 heteroatoms. The van der Waals surface area contributed by atoms with Crippen LogP contribution >= 0.6 is 11.6 Å². The van der Waals surface area contributed by atoms with Crippen molar-refractivity contribution in [3.8, 4) is 0 Å². The summed E-state index contributed by atoms with van der Waals surface area (Å²) in [4.78, 5) is 2.19. The molecule has 80 valence electrons. The third-order valence-corrected chi connectivity index (χ3v) is 2.73. The van der Waals surface area contributed by atoms with Crippen molar-refractivity contribution in [3.63, 3.8) is 0 Å². The van der Waals surface area contributed by atoms with Gasteiger partial charge < -0.3 is 5.11 Å². The molecule has 0 aliphatic carbocycles. The molecule has 15 heavy (non-hydrogen) atoms. The van der Waals surface area contributed by atoms with E-state index >= 15 is 0 Å². The van der Waals surface area contributed by atoms with Gasteiger partial charge in [-0.25, -0.2) is 0 Å². The van der Waals surface area contributed by atoms with Crippen molar-refractivity contribution in [1.82, 2.24) is 4.90 Å². The summed E-state index contributed by atoms with van der Waals surface area (Å²) in [6.07, 6.45) is 4.06. The van der Waals surface area contributed by atoms with Crippen molar-refractivity contribution in [2.45, 2.75) is 6.10 Å². The van der Waals surface area contributed by atoms with E-state index in [0.29, 0.717) is 0 Å². The minimum Gasteiger partial charge on any atom is -0.390 e. The van der Waals surface area contributed by atoms with Gasteiger partial charge in [-0.3, -0.25) is 4.90 Å². The van der Waals surface area contributed by atoms with Gasteiger partial charge >= 0.3 is 0 Å². The molecule has 0 amide bonds. The highest BCUT2D eigenvalue weighted by atomic mass is 35.5. The maximum Gasteiger partial charge on any atom is 0.0794 e. The van der Waals surface area contributed by atoms with Crippen LogP contribution in [0, 0.1) is 0 Å². The highest BCUT2D eigenvalue weighted by molar-refractivity contribution is 6.30. The topological polar surface area (TPSA) is 23.5 Å². The van der Waals surface area contributed by atoms with Gasteiger partial charge in [0.15, 0.2) is 0 Å². The standard InChI is InChI=1S/C12H14ClNO/c13-11-5-3-10(4-6-11)2-1-7-14-8-12(15)9-14/h1-6,12,15H,7-9H2/b2-1+. The number of nitrogens with zero attached hydrogens (tertiary/aromatic N) is 1. The molecule has 1 aromatic carbocycles. The number of hydrogen-bond acceptors (Lipinski definition) is 2. The minimum absolute atomic E-state index is 0.117. The molecule has 2 nitrogen and oxygen atoms in total. The second-order valence-electron chi connectivity index (χ2n) is 3.83. The summed E-state index contributed by atoms with van der Waals surface area (Å²) in [6.45, 7) is 2.50. The SMILES string of the molecule is OC1CN(C/C=C/c2ccc(Cl)cc2)C1. The summed E-state index contributed by atoms with van der Waals surface area (Å²) in [5.41, 5.74) is 1.15. The van der Waals surface area contributed by atoms with Crippen LogP contribution in [0.25, 0.3) is 6.08 Å². The Morgan fingerprint density at radius 1 is 1.33 bits per heavy atom. The van der Waals surface area contributed by atoms with E-state index in [1.54, 1.807) is 0 Å². The molecule has 0 saturated carbocycles. The van der Waals surface area contributed by atoms with Gasteiger partial charge in [-0.15, -0.1) is 0 Å². The van der Waals surface area contributed by atoms with Gasteiger partial charge in [0.1, 0.15) is 0 Å². The van der Waals surface area contributed by atoms with Crippen LogP contribution in [0.15, 0.2) is 30.3 Å². The molecule has 0 aromatic heterocycles. The summed E-state index contributed by atoms with van der Waals surface area (Å²) >= 11 is 5.78. The number of aliphatic hydroxyl groups is 1. The number of likely N-dealkylation sites (tertiary alicyclic amines) is 1. The Hall–Kier alpha value is -0.830. The van der Waals surface area contributed by atoms with E-state index in [1.165, 1.54) is 0 Å². The molecule has 1 aliphatic rings. The van der Waals surface area contributed by atoms with E-state index in [9.17, 15) is 0 Å². The second kappa shape index (κ2) is 4.79. The fourth-order valence-corrected chi connectivity index (χ4v) is 1.73. The lowest BCUT2D eigenvalue weighted by molar-refractivity contribution is 0.00992. The van der Waals surface area contributed by atoms with Gasteiger partial charge in [0, 0.05) is 24.7 Å². The van der Waals surface area contributed by atoms with Crippen molar-refractivity contribution in [1.29, 1.82) is 0 Å². The first-order valence-corrected chi connectivity index (χ1v) is 5.44. The van der Waals surface area contributed by atoms with Crippen molar-refractivity contribution >= 4 is 17.7 Å². The van der Waals surface area contributed by atoms with E-state index in [2.05, 4.69) is 17.1 Å². The van der Waals surface area contributed by atoms with Crippen molar-refractivity contribution in [2.24, 2.45) is 0 Å². The Morgan fingerprint density at radius 3 is 2.60 bits per heavy atom. The van der Waals surface area contributed by atoms with E-state index in [0.717, 1.165) is 30.2 Å². The van der Waals surface area contributed by atoms with Crippen LogP contribution in [0.3, 0.4) is 0 Å². The fourth-order valence-electron chi connectivity index (χ4n) is 1.60. The van der Waals surface area contributed by atoms with Gasteiger partial charge in [0.25, 0.3) is 0 Å². The molecule has 1 fully saturated rings.